The van der Waals surface area contributed by atoms with Crippen molar-refractivity contribution in [2.75, 3.05) is 5.32 Å². The fourth-order valence-corrected chi connectivity index (χ4v) is 4.06. The maximum atomic E-state index is 12.7. The van der Waals surface area contributed by atoms with Crippen LogP contribution >= 0.6 is 0 Å². The SMILES string of the molecule is O=C1CC2(CCCC2)Nc2ccc(-c3nc(-c4ccncc4)no3)cc21. The molecule has 0 unspecified atom stereocenters. The summed E-state index contributed by atoms with van der Waals surface area (Å²) in [5, 5.41) is 7.66. The molecule has 2 aliphatic rings. The van der Waals surface area contributed by atoms with Crippen LogP contribution in [0.1, 0.15) is 42.5 Å². The molecular weight excluding hydrogens is 328 g/mol. The van der Waals surface area contributed by atoms with Crippen molar-refractivity contribution in [1.29, 1.82) is 0 Å². The number of nitrogens with zero attached hydrogens (tertiary/aromatic N) is 3. The minimum Gasteiger partial charge on any atom is -0.379 e. The number of hydrogen-bond donors (Lipinski definition) is 1. The first kappa shape index (κ1) is 15.3. The molecule has 26 heavy (non-hydrogen) atoms. The molecule has 1 aliphatic carbocycles. The third kappa shape index (κ3) is 2.49. The Labute approximate surface area is 150 Å². The molecule has 130 valence electrons. The van der Waals surface area contributed by atoms with Gasteiger partial charge in [-0.15, -0.1) is 0 Å². The second kappa shape index (κ2) is 5.76. The lowest BCUT2D eigenvalue weighted by Crippen LogP contribution is -2.41. The van der Waals surface area contributed by atoms with Gasteiger partial charge in [0.15, 0.2) is 5.78 Å². The number of hydrogen-bond acceptors (Lipinski definition) is 6. The summed E-state index contributed by atoms with van der Waals surface area (Å²) in [6.07, 6.45) is 8.45. The van der Waals surface area contributed by atoms with E-state index in [1.807, 2.05) is 30.3 Å². The predicted molar refractivity (Wildman–Crippen MR) is 96.7 cm³/mol. The smallest absolute Gasteiger partial charge is 0.258 e. The Morgan fingerprint density at radius 1 is 1.04 bits per heavy atom. The number of nitrogens with one attached hydrogen (secondary N) is 1. The molecule has 1 aromatic carbocycles. The highest BCUT2D eigenvalue weighted by Crippen LogP contribution is 2.42. The van der Waals surface area contributed by atoms with Crippen molar-refractivity contribution in [3.8, 4) is 22.8 Å². The van der Waals surface area contributed by atoms with Gasteiger partial charge in [0.25, 0.3) is 5.89 Å². The molecule has 1 fully saturated rings. The highest BCUT2D eigenvalue weighted by molar-refractivity contribution is 6.05. The predicted octanol–water partition coefficient (Wildman–Crippen LogP) is 4.11. The number of fused-ring (bicyclic) bond motifs is 1. The van der Waals surface area contributed by atoms with Crippen LogP contribution in [0, 0.1) is 0 Å². The molecule has 0 radical (unpaired) electrons. The van der Waals surface area contributed by atoms with E-state index in [0.29, 0.717) is 23.7 Å². The van der Waals surface area contributed by atoms with Crippen molar-refractivity contribution in [2.24, 2.45) is 0 Å². The summed E-state index contributed by atoms with van der Waals surface area (Å²) >= 11 is 0. The van der Waals surface area contributed by atoms with E-state index in [4.69, 9.17) is 4.52 Å². The van der Waals surface area contributed by atoms with Crippen LogP contribution in [-0.2, 0) is 0 Å². The molecule has 0 saturated heterocycles. The molecule has 0 bridgehead atoms. The second-order valence-corrected chi connectivity index (χ2v) is 7.13. The molecular formula is C20H18N4O2. The number of carbonyl (C=O) groups is 1. The van der Waals surface area contributed by atoms with E-state index in [0.717, 1.165) is 29.7 Å². The van der Waals surface area contributed by atoms with E-state index in [1.54, 1.807) is 12.4 Å². The summed E-state index contributed by atoms with van der Waals surface area (Å²) < 4.78 is 5.41. The third-order valence-corrected chi connectivity index (χ3v) is 5.39. The van der Waals surface area contributed by atoms with E-state index < -0.39 is 0 Å². The van der Waals surface area contributed by atoms with Crippen LogP contribution in [0.4, 0.5) is 5.69 Å². The van der Waals surface area contributed by atoms with Crippen molar-refractivity contribution in [1.82, 2.24) is 15.1 Å². The van der Waals surface area contributed by atoms with Gasteiger partial charge in [0.1, 0.15) is 0 Å². The minimum atomic E-state index is -0.0371. The highest BCUT2D eigenvalue weighted by Gasteiger charge is 2.40. The number of carbonyl (C=O) groups excluding carboxylic acids is 1. The minimum absolute atomic E-state index is 0.0371. The summed E-state index contributed by atoms with van der Waals surface area (Å²) in [7, 11) is 0. The average Bonchev–Trinajstić information content (AvgIpc) is 3.32. The molecule has 3 heterocycles. The number of rotatable bonds is 2. The fraction of sp³-hybridized carbons (Fsp3) is 0.300. The van der Waals surface area contributed by atoms with E-state index in [-0.39, 0.29) is 11.3 Å². The van der Waals surface area contributed by atoms with Gasteiger partial charge in [0.2, 0.25) is 5.82 Å². The van der Waals surface area contributed by atoms with E-state index in [1.165, 1.54) is 12.8 Å². The number of aromatic nitrogens is 3. The van der Waals surface area contributed by atoms with Gasteiger partial charge in [-0.25, -0.2) is 0 Å². The molecule has 6 heteroatoms. The summed E-state index contributed by atoms with van der Waals surface area (Å²) in [6.45, 7) is 0. The molecule has 6 nitrogen and oxygen atoms in total. The highest BCUT2D eigenvalue weighted by atomic mass is 16.5. The Morgan fingerprint density at radius 2 is 1.85 bits per heavy atom. The lowest BCUT2D eigenvalue weighted by Gasteiger charge is -2.36. The Kier molecular flexibility index (Phi) is 3.38. The van der Waals surface area contributed by atoms with Crippen LogP contribution in [-0.4, -0.2) is 26.4 Å². The van der Waals surface area contributed by atoms with Gasteiger partial charge < -0.3 is 9.84 Å². The number of ketones is 1. The van der Waals surface area contributed by atoms with Crippen LogP contribution < -0.4 is 5.32 Å². The van der Waals surface area contributed by atoms with Crippen LogP contribution in [0.15, 0.2) is 47.2 Å². The van der Waals surface area contributed by atoms with Crippen molar-refractivity contribution in [2.45, 2.75) is 37.6 Å². The molecule has 1 spiro atoms. The quantitative estimate of drug-likeness (QED) is 0.752. The number of benzene rings is 1. The van der Waals surface area contributed by atoms with Crippen LogP contribution in [0.5, 0.6) is 0 Å². The fourth-order valence-electron chi connectivity index (χ4n) is 4.06. The molecule has 1 aliphatic heterocycles. The maximum Gasteiger partial charge on any atom is 0.258 e. The lowest BCUT2D eigenvalue weighted by molar-refractivity contribution is 0.0951. The molecule has 3 aromatic rings. The van der Waals surface area contributed by atoms with Gasteiger partial charge >= 0.3 is 0 Å². The van der Waals surface area contributed by atoms with Gasteiger partial charge in [-0.1, -0.05) is 18.0 Å². The van der Waals surface area contributed by atoms with E-state index in [2.05, 4.69) is 20.4 Å². The Balaban J connectivity index is 1.48. The van der Waals surface area contributed by atoms with Crippen molar-refractivity contribution < 1.29 is 9.32 Å². The Morgan fingerprint density at radius 3 is 2.65 bits per heavy atom. The monoisotopic (exact) mass is 346 g/mol. The van der Waals surface area contributed by atoms with Crippen LogP contribution in [0.2, 0.25) is 0 Å². The van der Waals surface area contributed by atoms with E-state index in [9.17, 15) is 4.79 Å². The molecule has 0 atom stereocenters. The summed E-state index contributed by atoms with van der Waals surface area (Å²) in [6, 6.07) is 9.40. The molecule has 2 aromatic heterocycles. The van der Waals surface area contributed by atoms with Gasteiger partial charge in [-0.3, -0.25) is 9.78 Å². The van der Waals surface area contributed by atoms with Gasteiger partial charge in [-0.05, 0) is 43.2 Å². The molecule has 1 N–H and O–H groups in total. The summed E-state index contributed by atoms with van der Waals surface area (Å²) in [4.78, 5) is 21.2. The molecule has 1 saturated carbocycles. The Bertz CT molecular complexity index is 974. The van der Waals surface area contributed by atoms with Gasteiger partial charge in [0.05, 0.1) is 0 Å². The first-order valence-electron chi connectivity index (χ1n) is 8.92. The first-order chi connectivity index (χ1) is 12.7. The van der Waals surface area contributed by atoms with Gasteiger partial charge in [-0.2, -0.15) is 4.98 Å². The standard InChI is InChI=1S/C20H18N4O2/c25-17-12-20(7-1-2-8-20)23-16-4-3-14(11-15(16)17)19-22-18(24-26-19)13-5-9-21-10-6-13/h3-6,9-11,23H,1-2,7-8,12H2. The van der Waals surface area contributed by atoms with Crippen molar-refractivity contribution in [3.05, 3.63) is 48.3 Å². The molecule has 5 rings (SSSR count). The Hall–Kier alpha value is -3.02. The molecule has 0 amide bonds. The average molecular weight is 346 g/mol. The topological polar surface area (TPSA) is 80.9 Å². The first-order valence-corrected chi connectivity index (χ1v) is 8.92. The maximum absolute atomic E-state index is 12.7. The van der Waals surface area contributed by atoms with Crippen molar-refractivity contribution in [3.63, 3.8) is 0 Å². The number of Topliss-reactive ketones (excluding diaryl/α,β-unsaturated/α-hetero) is 1. The number of pyridine rings is 1. The lowest BCUT2D eigenvalue weighted by atomic mass is 9.83. The summed E-state index contributed by atoms with van der Waals surface area (Å²) in [5.74, 6) is 1.11. The van der Waals surface area contributed by atoms with Gasteiger partial charge in [0, 0.05) is 46.7 Å². The second-order valence-electron chi connectivity index (χ2n) is 7.13. The summed E-state index contributed by atoms with van der Waals surface area (Å²) in [5.41, 5.74) is 3.19. The normalized spacial score (nSPS) is 17.9. The van der Waals surface area contributed by atoms with E-state index >= 15 is 0 Å². The zero-order valence-corrected chi connectivity index (χ0v) is 14.2. The number of anilines is 1. The largest absolute Gasteiger partial charge is 0.379 e. The zero-order valence-electron chi connectivity index (χ0n) is 14.2. The van der Waals surface area contributed by atoms with Crippen LogP contribution in [0.3, 0.4) is 0 Å². The third-order valence-electron chi connectivity index (χ3n) is 5.39. The zero-order chi connectivity index (χ0) is 17.6. The van der Waals surface area contributed by atoms with Crippen LogP contribution in [0.25, 0.3) is 22.8 Å². The van der Waals surface area contributed by atoms with Crippen molar-refractivity contribution >= 4 is 11.5 Å².